The first-order valence-corrected chi connectivity index (χ1v) is 10.9. The van der Waals surface area contributed by atoms with Crippen molar-refractivity contribution in [1.82, 2.24) is 0 Å². The highest BCUT2D eigenvalue weighted by Gasteiger charge is 2.23. The van der Waals surface area contributed by atoms with Crippen LogP contribution in [0.5, 0.6) is 0 Å². The Morgan fingerprint density at radius 2 is 1.67 bits per heavy atom. The molecule has 0 heterocycles. The van der Waals surface area contributed by atoms with E-state index in [0.717, 1.165) is 18.8 Å². The van der Waals surface area contributed by atoms with E-state index in [9.17, 15) is 4.79 Å². The molecule has 0 aromatic carbocycles. The molecule has 1 heteroatoms. The van der Waals surface area contributed by atoms with Gasteiger partial charge in [-0.15, -0.1) is 0 Å². The molecule has 1 nitrogen and oxygen atoms in total. The molecule has 0 N–H and O–H groups in total. The van der Waals surface area contributed by atoms with Gasteiger partial charge < -0.3 is 0 Å². The van der Waals surface area contributed by atoms with Crippen molar-refractivity contribution in [3.05, 3.63) is 12.2 Å². The lowest BCUT2D eigenvalue weighted by Gasteiger charge is -2.23. The quantitative estimate of drug-likeness (QED) is 0.209. The molecule has 0 radical (unpaired) electrons. The minimum Gasteiger partial charge on any atom is -0.299 e. The number of rotatable bonds is 16. The molecule has 0 aliphatic heterocycles. The molecule has 1 aliphatic carbocycles. The van der Waals surface area contributed by atoms with Crippen molar-refractivity contribution in [2.75, 3.05) is 0 Å². The highest BCUT2D eigenvalue weighted by atomic mass is 16.1. The van der Waals surface area contributed by atoms with Crippen molar-refractivity contribution >= 4 is 5.78 Å². The number of hydrogen-bond acceptors (Lipinski definition) is 1. The Morgan fingerprint density at radius 3 is 2.38 bits per heavy atom. The molecule has 1 saturated carbocycles. The Bertz CT molecular complexity index is 327. The number of carbonyl (C=O) groups is 1. The van der Waals surface area contributed by atoms with Gasteiger partial charge in [0.2, 0.25) is 0 Å². The van der Waals surface area contributed by atoms with Crippen LogP contribution in [-0.2, 0) is 4.79 Å². The van der Waals surface area contributed by atoms with Gasteiger partial charge in [-0.3, -0.25) is 4.79 Å². The number of carbonyl (C=O) groups excluding carboxylic acids is 1. The summed E-state index contributed by atoms with van der Waals surface area (Å²) in [6.07, 6.45) is 25.0. The summed E-state index contributed by atoms with van der Waals surface area (Å²) < 4.78 is 0. The normalized spacial score (nSPS) is 16.4. The van der Waals surface area contributed by atoms with E-state index in [1.54, 1.807) is 0 Å². The van der Waals surface area contributed by atoms with Crippen LogP contribution < -0.4 is 0 Å². The molecule has 1 fully saturated rings. The molecule has 1 rings (SSSR count). The van der Waals surface area contributed by atoms with Gasteiger partial charge in [-0.05, 0) is 44.4 Å². The summed E-state index contributed by atoms with van der Waals surface area (Å²) >= 11 is 0. The Morgan fingerprint density at radius 1 is 0.958 bits per heavy atom. The monoisotopic (exact) mass is 334 g/mol. The Labute approximate surface area is 151 Å². The van der Waals surface area contributed by atoms with Crippen LogP contribution in [0.4, 0.5) is 0 Å². The second kappa shape index (κ2) is 14.7. The van der Waals surface area contributed by atoms with Gasteiger partial charge in [-0.2, -0.15) is 0 Å². The van der Waals surface area contributed by atoms with Crippen LogP contribution in [0.1, 0.15) is 117 Å². The van der Waals surface area contributed by atoms with Crippen molar-refractivity contribution in [3.8, 4) is 0 Å². The fraction of sp³-hybridized carbons (Fsp3) is 0.870. The third-order valence-corrected chi connectivity index (χ3v) is 5.61. The first-order chi connectivity index (χ1) is 11.7. The Hall–Kier alpha value is -0.590. The number of allylic oxidation sites excluding steroid dienone is 2. The summed E-state index contributed by atoms with van der Waals surface area (Å²) in [6.45, 7) is 4.67. The second-order valence-electron chi connectivity index (χ2n) is 8.06. The smallest absolute Gasteiger partial charge is 0.135 e. The predicted octanol–water partition coefficient (Wildman–Crippen LogP) is 7.64. The van der Waals surface area contributed by atoms with E-state index in [2.05, 4.69) is 26.0 Å². The van der Waals surface area contributed by atoms with Crippen LogP contribution in [0, 0.1) is 11.8 Å². The lowest BCUT2D eigenvalue weighted by atomic mass is 9.80. The summed E-state index contributed by atoms with van der Waals surface area (Å²) in [7, 11) is 0. The average Bonchev–Trinajstić information content (AvgIpc) is 2.51. The average molecular weight is 335 g/mol. The molecule has 24 heavy (non-hydrogen) atoms. The first kappa shape index (κ1) is 21.5. The number of unbranched alkanes of at least 4 members (excludes halogenated alkanes) is 8. The molecular weight excluding hydrogens is 292 g/mol. The lowest BCUT2D eigenvalue weighted by Crippen LogP contribution is -2.21. The molecule has 140 valence electrons. The van der Waals surface area contributed by atoms with Gasteiger partial charge >= 0.3 is 0 Å². The lowest BCUT2D eigenvalue weighted by molar-refractivity contribution is -0.125. The third-order valence-electron chi connectivity index (χ3n) is 5.61. The van der Waals surface area contributed by atoms with Crippen LogP contribution >= 0.6 is 0 Å². The van der Waals surface area contributed by atoms with Crippen LogP contribution in [0.25, 0.3) is 0 Å². The summed E-state index contributed by atoms with van der Waals surface area (Å²) in [5.74, 6) is 1.85. The Kier molecular flexibility index (Phi) is 13.2. The topological polar surface area (TPSA) is 17.1 Å². The standard InChI is InChI=1S/C23H42O/c1-3-4-5-12-16-21(2)17-13-10-8-6-7-9-11-14-20-23(24)22-18-15-19-22/h10,13,21-22H,3-9,11-12,14-20H2,1-2H3/b13-10-. The first-order valence-electron chi connectivity index (χ1n) is 10.9. The molecule has 1 aliphatic rings. The fourth-order valence-electron chi connectivity index (χ4n) is 3.51. The number of hydrogen-bond donors (Lipinski definition) is 0. The van der Waals surface area contributed by atoms with Crippen LogP contribution in [-0.4, -0.2) is 5.78 Å². The number of Topliss-reactive ketones (excluding diaryl/α,β-unsaturated/α-hetero) is 1. The van der Waals surface area contributed by atoms with Gasteiger partial charge in [0.15, 0.2) is 0 Å². The Balaban J connectivity index is 1.81. The van der Waals surface area contributed by atoms with Gasteiger partial charge in [0.25, 0.3) is 0 Å². The van der Waals surface area contributed by atoms with E-state index in [1.165, 1.54) is 89.9 Å². The van der Waals surface area contributed by atoms with E-state index < -0.39 is 0 Å². The SMILES string of the molecule is CCCCCCC(C)C/C=C\CCCCCCCC(=O)C1CCC1. The van der Waals surface area contributed by atoms with Crippen molar-refractivity contribution in [3.63, 3.8) is 0 Å². The molecule has 0 aromatic rings. The molecule has 1 unspecified atom stereocenters. The van der Waals surface area contributed by atoms with Crippen LogP contribution in [0.2, 0.25) is 0 Å². The molecule has 0 bridgehead atoms. The summed E-state index contributed by atoms with van der Waals surface area (Å²) in [5.41, 5.74) is 0. The zero-order valence-electron chi connectivity index (χ0n) is 16.5. The molecule has 0 amide bonds. The van der Waals surface area contributed by atoms with Gasteiger partial charge in [-0.1, -0.05) is 83.8 Å². The zero-order valence-corrected chi connectivity index (χ0v) is 16.5. The minimum atomic E-state index is 0.448. The van der Waals surface area contributed by atoms with Gasteiger partial charge in [-0.25, -0.2) is 0 Å². The summed E-state index contributed by atoms with van der Waals surface area (Å²) in [6, 6.07) is 0. The summed E-state index contributed by atoms with van der Waals surface area (Å²) in [4.78, 5) is 11.8. The van der Waals surface area contributed by atoms with Gasteiger partial charge in [0, 0.05) is 12.3 Å². The third kappa shape index (κ3) is 11.0. The molecule has 1 atom stereocenters. The van der Waals surface area contributed by atoms with E-state index in [-0.39, 0.29) is 0 Å². The zero-order chi connectivity index (χ0) is 17.5. The predicted molar refractivity (Wildman–Crippen MR) is 106 cm³/mol. The maximum atomic E-state index is 11.8. The van der Waals surface area contributed by atoms with Crippen molar-refractivity contribution < 1.29 is 4.79 Å². The van der Waals surface area contributed by atoms with Gasteiger partial charge in [0.05, 0.1) is 0 Å². The van der Waals surface area contributed by atoms with Crippen LogP contribution in [0.3, 0.4) is 0 Å². The highest BCUT2D eigenvalue weighted by Crippen LogP contribution is 2.28. The van der Waals surface area contributed by atoms with E-state index >= 15 is 0 Å². The maximum absolute atomic E-state index is 11.8. The summed E-state index contributed by atoms with van der Waals surface area (Å²) in [5, 5.41) is 0. The van der Waals surface area contributed by atoms with Crippen molar-refractivity contribution in [1.29, 1.82) is 0 Å². The van der Waals surface area contributed by atoms with Gasteiger partial charge in [0.1, 0.15) is 5.78 Å². The van der Waals surface area contributed by atoms with Crippen molar-refractivity contribution in [2.45, 2.75) is 117 Å². The van der Waals surface area contributed by atoms with E-state index in [1.807, 2.05) is 0 Å². The molecular formula is C23H42O. The minimum absolute atomic E-state index is 0.448. The molecule has 0 spiro atoms. The molecule has 0 saturated heterocycles. The largest absolute Gasteiger partial charge is 0.299 e. The van der Waals surface area contributed by atoms with Crippen molar-refractivity contribution in [2.24, 2.45) is 11.8 Å². The van der Waals surface area contributed by atoms with E-state index in [0.29, 0.717) is 11.7 Å². The maximum Gasteiger partial charge on any atom is 0.135 e. The number of ketones is 1. The second-order valence-corrected chi connectivity index (χ2v) is 8.06. The molecule has 0 aromatic heterocycles. The van der Waals surface area contributed by atoms with E-state index in [4.69, 9.17) is 0 Å². The van der Waals surface area contributed by atoms with Crippen LogP contribution in [0.15, 0.2) is 12.2 Å². The fourth-order valence-corrected chi connectivity index (χ4v) is 3.51. The highest BCUT2D eigenvalue weighted by molar-refractivity contribution is 5.81.